The molecule has 0 radical (unpaired) electrons. The van der Waals surface area contributed by atoms with Crippen LogP contribution in [0, 0.1) is 6.92 Å². The van der Waals surface area contributed by atoms with Crippen LogP contribution in [0.2, 0.25) is 0 Å². The van der Waals surface area contributed by atoms with Crippen molar-refractivity contribution < 1.29 is 14.4 Å². The van der Waals surface area contributed by atoms with Crippen molar-refractivity contribution >= 4 is 28.9 Å². The van der Waals surface area contributed by atoms with Crippen molar-refractivity contribution in [2.75, 3.05) is 0 Å². The molecule has 0 aliphatic rings. The lowest BCUT2D eigenvalue weighted by atomic mass is 10.1. The maximum Gasteiger partial charge on any atom is 0.287 e. The summed E-state index contributed by atoms with van der Waals surface area (Å²) in [7, 11) is 0. The summed E-state index contributed by atoms with van der Waals surface area (Å²) in [6.07, 6.45) is 4.82. The monoisotopic (exact) mass is 383 g/mol. The minimum atomic E-state index is -1.09. The van der Waals surface area contributed by atoms with Crippen LogP contribution in [0.25, 0.3) is 5.69 Å². The molecule has 0 aliphatic carbocycles. The molecule has 8 nitrogen and oxygen atoms in total. The maximum atomic E-state index is 12.8. The van der Waals surface area contributed by atoms with Gasteiger partial charge in [-0.1, -0.05) is 6.07 Å². The Labute approximate surface area is 159 Å². The maximum absolute atomic E-state index is 12.8. The van der Waals surface area contributed by atoms with Crippen LogP contribution in [-0.2, 0) is 16.0 Å². The first-order valence-electron chi connectivity index (χ1n) is 8.09. The summed E-state index contributed by atoms with van der Waals surface area (Å²) in [6, 6.07) is 6.13. The fourth-order valence-electron chi connectivity index (χ4n) is 2.66. The Balaban J connectivity index is 1.88. The number of nitrogens with zero attached hydrogens (tertiary/aromatic N) is 3. The number of thiophene rings is 1. The molecule has 9 heteroatoms. The van der Waals surface area contributed by atoms with E-state index in [4.69, 9.17) is 5.73 Å². The third-order valence-corrected chi connectivity index (χ3v) is 4.82. The molecule has 0 bridgehead atoms. The lowest BCUT2D eigenvalue weighted by molar-refractivity contribution is -0.137. The van der Waals surface area contributed by atoms with Gasteiger partial charge in [0.15, 0.2) is 0 Å². The minimum absolute atomic E-state index is 0.186. The molecule has 2 amide bonds. The number of aromatic nitrogens is 3. The van der Waals surface area contributed by atoms with Gasteiger partial charge in [-0.15, -0.1) is 11.3 Å². The molecular weight excluding hydrogens is 366 g/mol. The number of hydrogen-bond acceptors (Lipinski definition) is 6. The van der Waals surface area contributed by atoms with Crippen molar-refractivity contribution in [3.63, 3.8) is 0 Å². The summed E-state index contributed by atoms with van der Waals surface area (Å²) in [4.78, 5) is 45.5. The Morgan fingerprint density at radius 1 is 1.26 bits per heavy atom. The number of hydrogen-bond donors (Lipinski definition) is 2. The number of carbonyl (C=O) groups excluding carboxylic acids is 3. The number of pyridine rings is 1. The van der Waals surface area contributed by atoms with E-state index in [1.54, 1.807) is 36.0 Å². The second-order valence-electron chi connectivity index (χ2n) is 5.78. The number of rotatable bonds is 7. The van der Waals surface area contributed by atoms with Crippen LogP contribution in [0.4, 0.5) is 0 Å². The van der Waals surface area contributed by atoms with E-state index in [1.807, 2.05) is 17.5 Å². The Morgan fingerprint density at radius 3 is 2.70 bits per heavy atom. The molecule has 0 fully saturated rings. The summed E-state index contributed by atoms with van der Waals surface area (Å²) in [5.41, 5.74) is 6.03. The lowest BCUT2D eigenvalue weighted by Crippen LogP contribution is -2.47. The first kappa shape index (κ1) is 18.5. The van der Waals surface area contributed by atoms with E-state index >= 15 is 0 Å². The van der Waals surface area contributed by atoms with E-state index in [0.29, 0.717) is 11.5 Å². The van der Waals surface area contributed by atoms with Crippen LogP contribution in [0.1, 0.15) is 21.2 Å². The summed E-state index contributed by atoms with van der Waals surface area (Å²) < 4.78 is 1.62. The van der Waals surface area contributed by atoms with Crippen molar-refractivity contribution in [3.05, 3.63) is 64.6 Å². The molecule has 0 aromatic carbocycles. The van der Waals surface area contributed by atoms with Gasteiger partial charge >= 0.3 is 0 Å². The van der Waals surface area contributed by atoms with Gasteiger partial charge < -0.3 is 11.1 Å². The minimum Gasteiger partial charge on any atom is -0.363 e. The molecule has 0 spiro atoms. The number of imidazole rings is 1. The normalized spacial score (nSPS) is 11.7. The molecule has 0 saturated heterocycles. The highest BCUT2D eigenvalue weighted by Crippen LogP contribution is 2.15. The highest BCUT2D eigenvalue weighted by atomic mass is 32.1. The molecule has 1 atom stereocenters. The average molecular weight is 383 g/mol. The molecule has 3 aromatic rings. The van der Waals surface area contributed by atoms with Crippen LogP contribution in [0.15, 0.2) is 48.2 Å². The molecule has 3 heterocycles. The Kier molecular flexibility index (Phi) is 5.41. The number of primary amides is 1. The van der Waals surface area contributed by atoms with E-state index in [1.165, 1.54) is 17.5 Å². The average Bonchev–Trinajstić information content (AvgIpc) is 3.30. The van der Waals surface area contributed by atoms with Gasteiger partial charge in [0, 0.05) is 17.5 Å². The van der Waals surface area contributed by atoms with Gasteiger partial charge in [0.2, 0.25) is 5.78 Å². The number of nitrogens with two attached hydrogens (primary N) is 1. The van der Waals surface area contributed by atoms with Gasteiger partial charge in [0.1, 0.15) is 17.6 Å². The van der Waals surface area contributed by atoms with Crippen molar-refractivity contribution in [1.82, 2.24) is 19.9 Å². The Hall–Kier alpha value is -3.33. The number of aryl methyl sites for hydroxylation is 1. The second-order valence-corrected chi connectivity index (χ2v) is 6.81. The molecule has 3 rings (SSSR count). The van der Waals surface area contributed by atoms with Gasteiger partial charge in [-0.2, -0.15) is 0 Å². The Morgan fingerprint density at radius 2 is 2.07 bits per heavy atom. The van der Waals surface area contributed by atoms with E-state index < -0.39 is 23.6 Å². The summed E-state index contributed by atoms with van der Waals surface area (Å²) >= 11 is 1.43. The highest BCUT2D eigenvalue weighted by molar-refractivity contribution is 7.09. The fraction of sp³-hybridized carbons (Fsp3) is 0.167. The number of amides is 2. The molecule has 3 aromatic heterocycles. The number of Topliss-reactive ketones (excluding diaryl/α,β-unsaturated/α-hetero) is 1. The third-order valence-electron chi connectivity index (χ3n) is 3.93. The van der Waals surface area contributed by atoms with Crippen molar-refractivity contribution in [1.29, 1.82) is 0 Å². The van der Waals surface area contributed by atoms with Crippen LogP contribution in [0.5, 0.6) is 0 Å². The molecule has 27 heavy (non-hydrogen) atoms. The number of carbonyl (C=O) groups is 3. The standard InChI is InChI=1S/C18H17N5O3S/c1-11-21-10-15(23(11)12-4-2-6-20-9-12)18(26)22-14(16(24)17(19)25)8-13-5-3-7-27-13/h2-7,9-10,14H,8H2,1H3,(H2,19,25)(H,22,26). The summed E-state index contributed by atoms with van der Waals surface area (Å²) in [6.45, 7) is 1.75. The first-order chi connectivity index (χ1) is 13.0. The SMILES string of the molecule is Cc1ncc(C(=O)NC(Cc2cccs2)C(=O)C(N)=O)n1-c1cccnc1. The zero-order valence-corrected chi connectivity index (χ0v) is 15.3. The molecule has 0 saturated carbocycles. The van der Waals surface area contributed by atoms with E-state index in [9.17, 15) is 14.4 Å². The Bertz CT molecular complexity index is 966. The highest BCUT2D eigenvalue weighted by Gasteiger charge is 2.27. The summed E-state index contributed by atoms with van der Waals surface area (Å²) in [5.74, 6) is -1.88. The second kappa shape index (κ2) is 7.92. The largest absolute Gasteiger partial charge is 0.363 e. The van der Waals surface area contributed by atoms with Crippen LogP contribution < -0.4 is 11.1 Å². The van der Waals surface area contributed by atoms with Crippen molar-refractivity contribution in [2.24, 2.45) is 5.73 Å². The molecule has 0 aliphatic heterocycles. The van der Waals surface area contributed by atoms with Gasteiger partial charge in [0.05, 0.1) is 18.1 Å². The topological polar surface area (TPSA) is 120 Å². The van der Waals surface area contributed by atoms with Crippen LogP contribution in [0.3, 0.4) is 0 Å². The summed E-state index contributed by atoms with van der Waals surface area (Å²) in [5, 5.41) is 4.46. The number of nitrogens with one attached hydrogen (secondary N) is 1. The third kappa shape index (κ3) is 4.09. The zero-order valence-electron chi connectivity index (χ0n) is 14.5. The lowest BCUT2D eigenvalue weighted by Gasteiger charge is -2.16. The zero-order chi connectivity index (χ0) is 19.4. The molecular formula is C18H17N5O3S. The van der Waals surface area contributed by atoms with Crippen molar-refractivity contribution in [3.8, 4) is 5.69 Å². The molecule has 3 N–H and O–H groups in total. The smallest absolute Gasteiger partial charge is 0.287 e. The van der Waals surface area contributed by atoms with Gasteiger partial charge in [-0.3, -0.25) is 23.9 Å². The fourth-order valence-corrected chi connectivity index (χ4v) is 3.41. The van der Waals surface area contributed by atoms with Crippen LogP contribution in [-0.4, -0.2) is 38.2 Å². The van der Waals surface area contributed by atoms with E-state index in [0.717, 1.165) is 4.88 Å². The predicted octanol–water partition coefficient (Wildman–Crippen LogP) is 1.03. The van der Waals surface area contributed by atoms with E-state index in [2.05, 4.69) is 15.3 Å². The number of ketones is 1. The van der Waals surface area contributed by atoms with Crippen LogP contribution >= 0.6 is 11.3 Å². The quantitative estimate of drug-likeness (QED) is 0.591. The van der Waals surface area contributed by atoms with Gasteiger partial charge in [0.25, 0.3) is 11.8 Å². The van der Waals surface area contributed by atoms with Gasteiger partial charge in [-0.05, 0) is 30.5 Å². The van der Waals surface area contributed by atoms with Gasteiger partial charge in [-0.25, -0.2) is 4.98 Å². The van der Waals surface area contributed by atoms with E-state index in [-0.39, 0.29) is 12.1 Å². The van der Waals surface area contributed by atoms with Crippen molar-refractivity contribution in [2.45, 2.75) is 19.4 Å². The predicted molar refractivity (Wildman–Crippen MR) is 99.6 cm³/mol. The molecule has 138 valence electrons. The molecule has 1 unspecified atom stereocenters. The first-order valence-corrected chi connectivity index (χ1v) is 8.97.